The van der Waals surface area contributed by atoms with Gasteiger partial charge in [0.15, 0.2) is 9.84 Å². The van der Waals surface area contributed by atoms with E-state index in [-0.39, 0.29) is 5.75 Å². The Labute approximate surface area is 189 Å². The van der Waals surface area contributed by atoms with Crippen molar-refractivity contribution in [1.29, 1.82) is 0 Å². The third kappa shape index (κ3) is 7.68. The highest BCUT2D eigenvalue weighted by Crippen LogP contribution is 2.28. The van der Waals surface area contributed by atoms with Crippen LogP contribution >= 0.6 is 11.8 Å². The molecule has 0 unspecified atom stereocenters. The molecule has 31 heavy (non-hydrogen) atoms. The van der Waals surface area contributed by atoms with E-state index in [1.165, 1.54) is 32.1 Å². The first-order valence-electron chi connectivity index (χ1n) is 10.9. The molecule has 0 radical (unpaired) electrons. The van der Waals surface area contributed by atoms with Crippen LogP contribution in [0.2, 0.25) is 0 Å². The molecule has 1 aliphatic carbocycles. The van der Waals surface area contributed by atoms with Gasteiger partial charge in [-0.25, -0.2) is 13.4 Å². The number of nitrogens with zero attached hydrogens (tertiary/aromatic N) is 1. The van der Waals surface area contributed by atoms with Gasteiger partial charge in [-0.1, -0.05) is 37.0 Å². The number of amides is 1. The summed E-state index contributed by atoms with van der Waals surface area (Å²) in [6.45, 7) is 4.19. The SMILES string of the molecule is Cc1ccc(-c2nc(CS(=O)(=O)CC(=O)NCCCSC3CCCCC3)c(C)o2)cc1. The fourth-order valence-corrected chi connectivity index (χ4v) is 6.27. The summed E-state index contributed by atoms with van der Waals surface area (Å²) in [5.74, 6) is 0.551. The predicted molar refractivity (Wildman–Crippen MR) is 126 cm³/mol. The van der Waals surface area contributed by atoms with Gasteiger partial charge in [-0.3, -0.25) is 4.79 Å². The van der Waals surface area contributed by atoms with E-state index < -0.39 is 21.5 Å². The lowest BCUT2D eigenvalue weighted by Crippen LogP contribution is -2.32. The molecule has 1 aromatic heterocycles. The lowest BCUT2D eigenvalue weighted by molar-refractivity contribution is -0.118. The number of benzene rings is 1. The van der Waals surface area contributed by atoms with E-state index in [0.717, 1.165) is 28.6 Å². The second-order valence-corrected chi connectivity index (χ2v) is 11.7. The van der Waals surface area contributed by atoms with E-state index in [4.69, 9.17) is 4.42 Å². The summed E-state index contributed by atoms with van der Waals surface area (Å²) in [4.78, 5) is 16.5. The Morgan fingerprint density at radius 2 is 1.87 bits per heavy atom. The van der Waals surface area contributed by atoms with Gasteiger partial charge in [0.2, 0.25) is 11.8 Å². The van der Waals surface area contributed by atoms with Crippen LogP contribution in [0.15, 0.2) is 28.7 Å². The van der Waals surface area contributed by atoms with Crippen LogP contribution in [-0.2, 0) is 20.4 Å². The van der Waals surface area contributed by atoms with Crippen molar-refractivity contribution in [1.82, 2.24) is 10.3 Å². The highest BCUT2D eigenvalue weighted by molar-refractivity contribution is 7.99. The van der Waals surface area contributed by atoms with Crippen molar-refractivity contribution < 1.29 is 17.6 Å². The number of rotatable bonds is 10. The van der Waals surface area contributed by atoms with Gasteiger partial charge < -0.3 is 9.73 Å². The number of nitrogens with one attached hydrogen (secondary N) is 1. The Bertz CT molecular complexity index is 962. The van der Waals surface area contributed by atoms with E-state index in [1.54, 1.807) is 6.92 Å². The Morgan fingerprint density at radius 1 is 1.16 bits per heavy atom. The normalized spacial score (nSPS) is 15.2. The maximum atomic E-state index is 12.5. The molecule has 8 heteroatoms. The van der Waals surface area contributed by atoms with Crippen LogP contribution in [0.1, 0.15) is 55.5 Å². The number of sulfone groups is 1. The molecule has 1 aromatic carbocycles. The van der Waals surface area contributed by atoms with Gasteiger partial charge in [-0.05, 0) is 51.0 Å². The predicted octanol–water partition coefficient (Wildman–Crippen LogP) is 4.45. The number of aromatic nitrogens is 1. The summed E-state index contributed by atoms with van der Waals surface area (Å²) in [7, 11) is -3.63. The molecule has 0 saturated heterocycles. The lowest BCUT2D eigenvalue weighted by Gasteiger charge is -2.20. The summed E-state index contributed by atoms with van der Waals surface area (Å²) in [6.07, 6.45) is 7.44. The molecular formula is C23H32N2O4S2. The third-order valence-corrected chi connectivity index (χ3v) is 8.33. The second-order valence-electron chi connectivity index (χ2n) is 8.25. The quantitative estimate of drug-likeness (QED) is 0.523. The fraction of sp³-hybridized carbons (Fsp3) is 0.565. The van der Waals surface area contributed by atoms with Crippen LogP contribution in [0.25, 0.3) is 11.5 Å². The molecule has 1 fully saturated rings. The molecule has 0 atom stereocenters. The summed E-state index contributed by atoms with van der Waals surface area (Å²) in [5, 5.41) is 3.49. The summed E-state index contributed by atoms with van der Waals surface area (Å²) in [5.41, 5.74) is 2.27. The van der Waals surface area contributed by atoms with E-state index in [1.807, 2.05) is 43.0 Å². The first-order valence-corrected chi connectivity index (χ1v) is 13.8. The zero-order valence-corrected chi connectivity index (χ0v) is 20.0. The van der Waals surface area contributed by atoms with Crippen molar-refractivity contribution in [3.8, 4) is 11.5 Å². The first-order chi connectivity index (χ1) is 14.8. The summed E-state index contributed by atoms with van der Waals surface area (Å²) >= 11 is 1.98. The molecular weight excluding hydrogens is 432 g/mol. The number of oxazole rings is 1. The van der Waals surface area contributed by atoms with Gasteiger partial charge in [0.05, 0.1) is 11.4 Å². The van der Waals surface area contributed by atoms with Gasteiger partial charge in [-0.2, -0.15) is 11.8 Å². The van der Waals surface area contributed by atoms with Crippen LogP contribution in [0.3, 0.4) is 0 Å². The zero-order chi connectivity index (χ0) is 22.3. The molecule has 0 spiro atoms. The second kappa shape index (κ2) is 11.2. The number of hydrogen-bond acceptors (Lipinski definition) is 6. The number of hydrogen-bond donors (Lipinski definition) is 1. The zero-order valence-electron chi connectivity index (χ0n) is 18.4. The molecule has 0 bridgehead atoms. The van der Waals surface area contributed by atoms with Crippen LogP contribution < -0.4 is 5.32 Å². The van der Waals surface area contributed by atoms with Crippen molar-refractivity contribution in [3.05, 3.63) is 41.3 Å². The number of carbonyl (C=O) groups is 1. The van der Waals surface area contributed by atoms with Crippen molar-refractivity contribution in [2.24, 2.45) is 0 Å². The van der Waals surface area contributed by atoms with Gasteiger partial charge in [0.25, 0.3) is 0 Å². The Morgan fingerprint density at radius 3 is 2.58 bits per heavy atom. The molecule has 1 heterocycles. The highest BCUT2D eigenvalue weighted by Gasteiger charge is 2.22. The molecule has 1 N–H and O–H groups in total. The average molecular weight is 465 g/mol. The van der Waals surface area contributed by atoms with Gasteiger partial charge in [0.1, 0.15) is 11.5 Å². The maximum absolute atomic E-state index is 12.5. The van der Waals surface area contributed by atoms with Gasteiger partial charge in [0, 0.05) is 17.4 Å². The number of aryl methyl sites for hydroxylation is 2. The van der Waals surface area contributed by atoms with Crippen LogP contribution in [0.5, 0.6) is 0 Å². The van der Waals surface area contributed by atoms with E-state index in [0.29, 0.717) is 23.9 Å². The van der Waals surface area contributed by atoms with Crippen LogP contribution in [-0.4, -0.2) is 42.6 Å². The Hall–Kier alpha value is -1.80. The maximum Gasteiger partial charge on any atom is 0.235 e. The third-order valence-electron chi connectivity index (χ3n) is 5.45. The van der Waals surface area contributed by atoms with Crippen molar-refractivity contribution in [3.63, 3.8) is 0 Å². The van der Waals surface area contributed by atoms with E-state index in [9.17, 15) is 13.2 Å². The van der Waals surface area contributed by atoms with Crippen molar-refractivity contribution in [2.45, 2.75) is 63.4 Å². The van der Waals surface area contributed by atoms with Crippen LogP contribution in [0.4, 0.5) is 0 Å². The number of carbonyl (C=O) groups excluding carboxylic acids is 1. The lowest BCUT2D eigenvalue weighted by atomic mass is 10.0. The van der Waals surface area contributed by atoms with Gasteiger partial charge >= 0.3 is 0 Å². The van der Waals surface area contributed by atoms with Gasteiger partial charge in [-0.15, -0.1) is 0 Å². The Kier molecular flexibility index (Phi) is 8.60. The minimum Gasteiger partial charge on any atom is -0.441 e. The molecule has 3 rings (SSSR count). The highest BCUT2D eigenvalue weighted by atomic mass is 32.2. The van der Waals surface area contributed by atoms with E-state index >= 15 is 0 Å². The molecule has 0 aliphatic heterocycles. The van der Waals surface area contributed by atoms with E-state index in [2.05, 4.69) is 10.3 Å². The fourth-order valence-electron chi connectivity index (χ4n) is 3.67. The molecule has 6 nitrogen and oxygen atoms in total. The Balaban J connectivity index is 1.44. The molecule has 170 valence electrons. The summed E-state index contributed by atoms with van der Waals surface area (Å²) in [6, 6.07) is 7.67. The monoisotopic (exact) mass is 464 g/mol. The largest absolute Gasteiger partial charge is 0.441 e. The van der Waals surface area contributed by atoms with Crippen molar-refractivity contribution >= 4 is 27.5 Å². The number of thioether (sulfide) groups is 1. The minimum absolute atomic E-state index is 0.306. The summed E-state index contributed by atoms with van der Waals surface area (Å²) < 4.78 is 30.7. The minimum atomic E-state index is -3.63. The smallest absolute Gasteiger partial charge is 0.235 e. The van der Waals surface area contributed by atoms with Crippen molar-refractivity contribution in [2.75, 3.05) is 18.1 Å². The molecule has 2 aromatic rings. The molecule has 1 aliphatic rings. The topological polar surface area (TPSA) is 89.3 Å². The first kappa shape index (κ1) is 23.9. The standard InChI is InChI=1S/C23H32N2O4S2/c1-17-9-11-19(12-10-17)23-25-21(18(2)29-23)15-31(27,28)16-22(26)24-13-6-14-30-20-7-4-3-5-8-20/h9-12,20H,3-8,13-16H2,1-2H3,(H,24,26). The molecule has 1 saturated carbocycles. The molecule has 1 amide bonds. The average Bonchev–Trinajstić information content (AvgIpc) is 3.08. The van der Waals surface area contributed by atoms with Crippen LogP contribution in [0, 0.1) is 13.8 Å².